The maximum atomic E-state index is 13.6. The number of nitrogens with one attached hydrogen (secondary N) is 1. The Labute approximate surface area is 220 Å². The third-order valence-corrected chi connectivity index (χ3v) is 7.09. The molecule has 0 saturated heterocycles. The molecule has 1 N–H and O–H groups in total. The average Bonchev–Trinajstić information content (AvgIpc) is 2.84. The van der Waals surface area contributed by atoms with Crippen LogP contribution in [0.4, 0.5) is 0 Å². The van der Waals surface area contributed by atoms with E-state index >= 15 is 0 Å². The van der Waals surface area contributed by atoms with E-state index in [4.69, 9.17) is 9.47 Å². The molecule has 0 aliphatic carbocycles. The van der Waals surface area contributed by atoms with Gasteiger partial charge in [0.25, 0.3) is 0 Å². The number of amides is 1. The van der Waals surface area contributed by atoms with Gasteiger partial charge in [0, 0.05) is 24.7 Å². The summed E-state index contributed by atoms with van der Waals surface area (Å²) in [6.45, 7) is 2.96. The van der Waals surface area contributed by atoms with Gasteiger partial charge in [-0.05, 0) is 42.3 Å². The first-order valence-corrected chi connectivity index (χ1v) is 11.8. The van der Waals surface area contributed by atoms with E-state index in [1.165, 1.54) is 34.1 Å². The van der Waals surface area contributed by atoms with Gasteiger partial charge >= 0.3 is 29.6 Å². The van der Waals surface area contributed by atoms with Crippen LogP contribution >= 0.6 is 0 Å². The maximum absolute atomic E-state index is 13.6. The van der Waals surface area contributed by atoms with Crippen LogP contribution in [0.25, 0.3) is 0 Å². The fourth-order valence-electron chi connectivity index (χ4n) is 3.48. The molecular formula is C24H23N2NaO6S. The predicted molar refractivity (Wildman–Crippen MR) is 122 cm³/mol. The maximum Gasteiger partial charge on any atom is 1.00 e. The topological polar surface area (TPSA) is 108 Å². The number of carbonyl (C=O) groups excluding carboxylic acids is 1. The smallest absolute Gasteiger partial charge is 0.759 e. The number of fused-ring (bicyclic) bond motifs is 1. The Kier molecular flexibility index (Phi) is 8.75. The summed E-state index contributed by atoms with van der Waals surface area (Å²) in [7, 11) is -3.90. The van der Waals surface area contributed by atoms with E-state index < -0.39 is 15.9 Å². The normalized spacial score (nSPS) is 12.7. The molecule has 1 aliphatic heterocycles. The van der Waals surface area contributed by atoms with Crippen LogP contribution in [0.1, 0.15) is 27.0 Å². The van der Waals surface area contributed by atoms with Gasteiger partial charge in [-0.25, -0.2) is 8.42 Å². The summed E-state index contributed by atoms with van der Waals surface area (Å²) in [5, 5.41) is 10.6. The number of nitrogens with zero attached hydrogens (tertiary/aromatic N) is 1. The van der Waals surface area contributed by atoms with E-state index in [1.807, 2.05) is 31.2 Å². The zero-order chi connectivity index (χ0) is 23.4. The molecule has 1 aliphatic rings. The van der Waals surface area contributed by atoms with Gasteiger partial charge in [0.2, 0.25) is 15.9 Å². The van der Waals surface area contributed by atoms with Crippen molar-refractivity contribution in [1.82, 2.24) is 9.79 Å². The molecule has 1 amide bonds. The molecular weight excluding hydrogens is 467 g/mol. The first-order valence-electron chi connectivity index (χ1n) is 10.3. The van der Waals surface area contributed by atoms with Crippen LogP contribution < -0.4 is 44.5 Å². The van der Waals surface area contributed by atoms with Crippen LogP contribution in [0.3, 0.4) is 0 Å². The summed E-state index contributed by atoms with van der Waals surface area (Å²) in [4.78, 5) is 11.6. The number of benzene rings is 3. The monoisotopic (exact) mass is 490 g/mol. The van der Waals surface area contributed by atoms with E-state index in [9.17, 15) is 18.4 Å². The van der Waals surface area contributed by atoms with Crippen molar-refractivity contribution in [2.75, 3.05) is 13.2 Å². The number of hydrogen-bond donors (Lipinski definition) is 1. The van der Waals surface area contributed by atoms with Crippen LogP contribution in [0, 0.1) is 12.1 Å². The Hall–Kier alpha value is -2.40. The molecule has 34 heavy (non-hydrogen) atoms. The number of ether oxygens (including phenoxy) is 2. The average molecular weight is 491 g/mol. The predicted octanol–water partition coefficient (Wildman–Crippen LogP) is 0.389. The summed E-state index contributed by atoms with van der Waals surface area (Å²) >= 11 is 0. The number of sulfonamides is 1. The Morgan fingerprint density at radius 1 is 0.912 bits per heavy atom. The Bertz CT molecular complexity index is 1250. The second kappa shape index (κ2) is 11.4. The summed E-state index contributed by atoms with van der Waals surface area (Å²) < 4.78 is 39.7. The fraction of sp³-hybridized carbons (Fsp3) is 0.208. The summed E-state index contributed by atoms with van der Waals surface area (Å²) in [5.74, 6) is 0.157. The fourth-order valence-corrected chi connectivity index (χ4v) is 4.91. The van der Waals surface area contributed by atoms with Gasteiger partial charge in [-0.2, -0.15) is 4.31 Å². The molecule has 10 heteroatoms. The van der Waals surface area contributed by atoms with Crippen molar-refractivity contribution >= 4 is 15.9 Å². The van der Waals surface area contributed by atoms with Crippen LogP contribution in [-0.4, -0.2) is 31.8 Å². The number of hydrogen-bond acceptors (Lipinski definition) is 6. The number of hydroxylamine groups is 1. The molecule has 8 nitrogen and oxygen atoms in total. The van der Waals surface area contributed by atoms with Crippen molar-refractivity contribution in [3.63, 3.8) is 0 Å². The minimum atomic E-state index is -3.90. The Morgan fingerprint density at radius 2 is 1.47 bits per heavy atom. The van der Waals surface area contributed by atoms with Gasteiger partial charge in [-0.15, -0.1) is 0 Å². The second-order valence-corrected chi connectivity index (χ2v) is 9.63. The number of rotatable bonds is 7. The SMILES string of the molecule is Cc1ccc(CN(Cc2ccc(C(=O)N[O-])cc2)S(=O)(=O)c2ccc3c(c2)OCCO3)cc1.[Na+]. The molecule has 0 fully saturated rings. The minimum Gasteiger partial charge on any atom is -0.759 e. The molecule has 4 rings (SSSR count). The first-order chi connectivity index (χ1) is 15.9. The Morgan fingerprint density at radius 3 is 2.06 bits per heavy atom. The number of carbonyl (C=O) groups is 1. The van der Waals surface area contributed by atoms with Gasteiger partial charge in [0.15, 0.2) is 11.5 Å². The van der Waals surface area contributed by atoms with Crippen molar-refractivity contribution in [2.24, 2.45) is 0 Å². The van der Waals surface area contributed by atoms with Crippen LogP contribution in [0.15, 0.2) is 71.6 Å². The standard InChI is InChI=1S/C24H23N2O6S.Na/c1-17-2-4-18(5-3-17)15-26(16-19-6-8-20(9-7-19)24(27)25-28)33(29,30)21-10-11-22-23(14-21)32-13-12-31-22;/h2-11,14H,12-13,15-16H2,1H3,(H-,25,27,28);/q-1;+1. The summed E-state index contributed by atoms with van der Waals surface area (Å²) in [5.41, 5.74) is 4.12. The summed E-state index contributed by atoms with van der Waals surface area (Å²) in [6, 6.07) is 18.5. The molecule has 0 bridgehead atoms. The molecule has 1 heterocycles. The zero-order valence-corrected chi connectivity index (χ0v) is 21.8. The second-order valence-electron chi connectivity index (χ2n) is 7.69. The molecule has 0 radical (unpaired) electrons. The first kappa shape index (κ1) is 26.2. The van der Waals surface area contributed by atoms with Crippen molar-refractivity contribution in [3.05, 3.63) is 94.2 Å². The third kappa shape index (κ3) is 5.99. The molecule has 172 valence electrons. The van der Waals surface area contributed by atoms with Crippen LogP contribution in [-0.2, 0) is 23.1 Å². The van der Waals surface area contributed by atoms with Gasteiger partial charge in [-0.3, -0.25) is 4.79 Å². The van der Waals surface area contributed by atoms with Crippen molar-refractivity contribution in [2.45, 2.75) is 24.9 Å². The van der Waals surface area contributed by atoms with Gasteiger partial charge in [0.1, 0.15) is 13.2 Å². The van der Waals surface area contributed by atoms with Gasteiger partial charge in [-0.1, -0.05) is 42.0 Å². The Balaban J connectivity index is 0.00000324. The molecule has 3 aromatic rings. The molecule has 0 unspecified atom stereocenters. The van der Waals surface area contributed by atoms with E-state index in [0.717, 1.165) is 11.1 Å². The van der Waals surface area contributed by atoms with Crippen molar-refractivity contribution < 1.29 is 52.2 Å². The quantitative estimate of drug-likeness (QED) is 0.379. The third-order valence-electron chi connectivity index (χ3n) is 5.30. The van der Waals surface area contributed by atoms with E-state index in [2.05, 4.69) is 0 Å². The van der Waals surface area contributed by atoms with E-state index in [0.29, 0.717) is 30.3 Å². The molecule has 0 atom stereocenters. The number of aryl methyl sites for hydroxylation is 1. The van der Waals surface area contributed by atoms with Crippen molar-refractivity contribution in [3.8, 4) is 11.5 Å². The largest absolute Gasteiger partial charge is 1.00 e. The van der Waals surface area contributed by atoms with E-state index in [-0.39, 0.29) is 53.1 Å². The van der Waals surface area contributed by atoms with Gasteiger partial charge < -0.3 is 20.2 Å². The molecule has 0 aromatic heterocycles. The van der Waals surface area contributed by atoms with Crippen LogP contribution in [0.5, 0.6) is 11.5 Å². The minimum absolute atomic E-state index is 0. The summed E-state index contributed by atoms with van der Waals surface area (Å²) in [6.07, 6.45) is 0. The molecule has 0 spiro atoms. The molecule has 0 saturated carbocycles. The van der Waals surface area contributed by atoms with E-state index in [1.54, 1.807) is 18.2 Å². The molecule has 3 aromatic carbocycles. The zero-order valence-electron chi connectivity index (χ0n) is 19.0. The van der Waals surface area contributed by atoms with Gasteiger partial charge in [0.05, 0.1) is 4.90 Å². The van der Waals surface area contributed by atoms with Crippen LogP contribution in [0.2, 0.25) is 0 Å². The van der Waals surface area contributed by atoms with Crippen molar-refractivity contribution in [1.29, 1.82) is 0 Å².